The molecule has 1 aromatic heterocycles. The molecule has 106 valence electrons. The van der Waals surface area contributed by atoms with E-state index in [1.807, 2.05) is 0 Å². The number of aromatic nitrogens is 1. The number of pyridine rings is 1. The first-order chi connectivity index (χ1) is 9.50. The van der Waals surface area contributed by atoms with Crippen LogP contribution in [0.4, 0.5) is 0 Å². The molecule has 2 heterocycles. The minimum atomic E-state index is -3.01. The summed E-state index contributed by atoms with van der Waals surface area (Å²) < 4.78 is 22.6. The van der Waals surface area contributed by atoms with Gasteiger partial charge in [-0.25, -0.2) is 13.4 Å². The SMILES string of the molecule is NCC#Cc1ccc(C(=O)NC2CCS(=O)(=O)C2)nc1. The van der Waals surface area contributed by atoms with E-state index in [0.29, 0.717) is 12.0 Å². The molecule has 1 unspecified atom stereocenters. The Labute approximate surface area is 117 Å². The predicted molar refractivity (Wildman–Crippen MR) is 74.7 cm³/mol. The average molecular weight is 293 g/mol. The van der Waals surface area contributed by atoms with Gasteiger partial charge in [-0.15, -0.1) is 0 Å². The lowest BCUT2D eigenvalue weighted by atomic mass is 10.2. The molecular formula is C13H15N3O3S. The van der Waals surface area contributed by atoms with Crippen molar-refractivity contribution in [2.24, 2.45) is 5.73 Å². The highest BCUT2D eigenvalue weighted by atomic mass is 32.2. The van der Waals surface area contributed by atoms with Gasteiger partial charge >= 0.3 is 0 Å². The third-order valence-corrected chi connectivity index (χ3v) is 4.67. The van der Waals surface area contributed by atoms with Crippen molar-refractivity contribution in [1.29, 1.82) is 0 Å². The van der Waals surface area contributed by atoms with Gasteiger partial charge in [0, 0.05) is 17.8 Å². The Morgan fingerprint density at radius 1 is 1.50 bits per heavy atom. The highest BCUT2D eigenvalue weighted by Gasteiger charge is 2.29. The molecular weight excluding hydrogens is 278 g/mol. The van der Waals surface area contributed by atoms with E-state index in [1.54, 1.807) is 12.1 Å². The first-order valence-corrected chi connectivity index (χ1v) is 7.98. The molecule has 1 aliphatic heterocycles. The van der Waals surface area contributed by atoms with Gasteiger partial charge < -0.3 is 11.1 Å². The second-order valence-corrected chi connectivity index (χ2v) is 6.74. The van der Waals surface area contributed by atoms with E-state index in [9.17, 15) is 13.2 Å². The topological polar surface area (TPSA) is 102 Å². The Kier molecular flexibility index (Phi) is 4.37. The highest BCUT2D eigenvalue weighted by Crippen LogP contribution is 2.11. The van der Waals surface area contributed by atoms with E-state index in [1.165, 1.54) is 6.20 Å². The average Bonchev–Trinajstić information content (AvgIpc) is 2.76. The van der Waals surface area contributed by atoms with Gasteiger partial charge in [0.1, 0.15) is 5.69 Å². The molecule has 0 aliphatic carbocycles. The van der Waals surface area contributed by atoms with Crippen molar-refractivity contribution in [3.05, 3.63) is 29.6 Å². The lowest BCUT2D eigenvalue weighted by Crippen LogP contribution is -2.36. The number of sulfone groups is 1. The summed E-state index contributed by atoms with van der Waals surface area (Å²) >= 11 is 0. The third kappa shape index (κ3) is 3.79. The second-order valence-electron chi connectivity index (χ2n) is 4.51. The number of nitrogens with two attached hydrogens (primary N) is 1. The summed E-state index contributed by atoms with van der Waals surface area (Å²) in [5, 5.41) is 2.68. The molecule has 0 saturated carbocycles. The van der Waals surface area contributed by atoms with E-state index in [-0.39, 0.29) is 35.7 Å². The molecule has 1 aliphatic rings. The van der Waals surface area contributed by atoms with Crippen LogP contribution in [0.2, 0.25) is 0 Å². The molecule has 0 spiro atoms. The van der Waals surface area contributed by atoms with Crippen LogP contribution in [0.1, 0.15) is 22.5 Å². The van der Waals surface area contributed by atoms with Crippen LogP contribution < -0.4 is 11.1 Å². The molecule has 1 amide bonds. The number of nitrogens with one attached hydrogen (secondary N) is 1. The fraction of sp³-hybridized carbons (Fsp3) is 0.385. The fourth-order valence-electron chi connectivity index (χ4n) is 1.92. The van der Waals surface area contributed by atoms with E-state index in [2.05, 4.69) is 22.1 Å². The van der Waals surface area contributed by atoms with Crippen molar-refractivity contribution in [2.45, 2.75) is 12.5 Å². The maximum Gasteiger partial charge on any atom is 0.270 e. The number of hydrogen-bond donors (Lipinski definition) is 2. The molecule has 20 heavy (non-hydrogen) atoms. The van der Waals surface area contributed by atoms with E-state index in [4.69, 9.17) is 5.73 Å². The number of nitrogens with zero attached hydrogens (tertiary/aromatic N) is 1. The van der Waals surface area contributed by atoms with Crippen molar-refractivity contribution < 1.29 is 13.2 Å². The van der Waals surface area contributed by atoms with Gasteiger partial charge in [0.05, 0.1) is 18.1 Å². The van der Waals surface area contributed by atoms with Gasteiger partial charge in [0.15, 0.2) is 9.84 Å². The monoisotopic (exact) mass is 293 g/mol. The number of hydrogen-bond acceptors (Lipinski definition) is 5. The molecule has 1 fully saturated rings. The Balaban J connectivity index is 1.99. The largest absolute Gasteiger partial charge is 0.347 e. The fourth-order valence-corrected chi connectivity index (χ4v) is 3.60. The third-order valence-electron chi connectivity index (χ3n) is 2.90. The van der Waals surface area contributed by atoms with E-state index < -0.39 is 9.84 Å². The highest BCUT2D eigenvalue weighted by molar-refractivity contribution is 7.91. The lowest BCUT2D eigenvalue weighted by Gasteiger charge is -2.09. The summed E-state index contributed by atoms with van der Waals surface area (Å²) in [6.45, 7) is 0.262. The van der Waals surface area contributed by atoms with Crippen molar-refractivity contribution in [3.8, 4) is 11.8 Å². The summed E-state index contributed by atoms with van der Waals surface area (Å²) in [6, 6.07) is 2.90. The molecule has 0 bridgehead atoms. The van der Waals surface area contributed by atoms with Crippen LogP contribution in [0.25, 0.3) is 0 Å². The van der Waals surface area contributed by atoms with Crippen molar-refractivity contribution in [2.75, 3.05) is 18.1 Å². The van der Waals surface area contributed by atoms with E-state index >= 15 is 0 Å². The predicted octanol–water partition coefficient (Wildman–Crippen LogP) is -0.691. The van der Waals surface area contributed by atoms with Crippen molar-refractivity contribution in [1.82, 2.24) is 10.3 Å². The Morgan fingerprint density at radius 3 is 2.85 bits per heavy atom. The second kappa shape index (κ2) is 6.03. The van der Waals surface area contributed by atoms with Gasteiger partial charge in [0.2, 0.25) is 0 Å². The van der Waals surface area contributed by atoms with E-state index in [0.717, 1.165) is 0 Å². The summed E-state index contributed by atoms with van der Waals surface area (Å²) in [5.74, 6) is 5.25. The maximum atomic E-state index is 11.9. The van der Waals surface area contributed by atoms with Gasteiger partial charge in [-0.1, -0.05) is 11.8 Å². The molecule has 0 radical (unpaired) electrons. The Hall–Kier alpha value is -1.91. The summed E-state index contributed by atoms with van der Waals surface area (Å²) in [4.78, 5) is 15.9. The molecule has 1 saturated heterocycles. The van der Waals surface area contributed by atoms with Crippen LogP contribution in [0, 0.1) is 11.8 Å². The normalized spacial score (nSPS) is 19.9. The number of amides is 1. The molecule has 0 aromatic carbocycles. The lowest BCUT2D eigenvalue weighted by molar-refractivity contribution is 0.0936. The summed E-state index contributed by atoms with van der Waals surface area (Å²) in [5.41, 5.74) is 6.18. The van der Waals surface area contributed by atoms with Crippen LogP contribution in [-0.2, 0) is 9.84 Å². The van der Waals surface area contributed by atoms with Crippen LogP contribution >= 0.6 is 0 Å². The molecule has 7 heteroatoms. The van der Waals surface area contributed by atoms with Gasteiger partial charge in [-0.05, 0) is 18.6 Å². The zero-order valence-corrected chi connectivity index (χ0v) is 11.6. The number of carbonyl (C=O) groups excluding carboxylic acids is 1. The van der Waals surface area contributed by atoms with Crippen molar-refractivity contribution in [3.63, 3.8) is 0 Å². The van der Waals surface area contributed by atoms with Crippen LogP contribution in [0.15, 0.2) is 18.3 Å². The minimum Gasteiger partial charge on any atom is -0.347 e. The van der Waals surface area contributed by atoms with Gasteiger partial charge in [-0.2, -0.15) is 0 Å². The zero-order chi connectivity index (χ0) is 14.6. The maximum absolute atomic E-state index is 11.9. The van der Waals surface area contributed by atoms with Crippen LogP contribution in [0.5, 0.6) is 0 Å². The smallest absolute Gasteiger partial charge is 0.270 e. The standard InChI is InChI=1S/C13H15N3O3S/c14-6-1-2-10-3-4-12(15-8-10)13(17)16-11-5-7-20(18,19)9-11/h3-4,8,11H,5-7,9,14H2,(H,16,17). The first kappa shape index (κ1) is 14.5. The van der Waals surface area contributed by atoms with Crippen LogP contribution in [0.3, 0.4) is 0 Å². The molecule has 6 nitrogen and oxygen atoms in total. The first-order valence-electron chi connectivity index (χ1n) is 6.16. The summed E-state index contributed by atoms with van der Waals surface area (Å²) in [6.07, 6.45) is 1.94. The molecule has 1 atom stereocenters. The van der Waals surface area contributed by atoms with Crippen LogP contribution in [-0.4, -0.2) is 43.4 Å². The molecule has 1 aromatic rings. The molecule has 3 N–H and O–H groups in total. The number of rotatable bonds is 2. The number of carbonyl (C=O) groups is 1. The van der Waals surface area contributed by atoms with Crippen molar-refractivity contribution >= 4 is 15.7 Å². The quantitative estimate of drug-likeness (QED) is 0.703. The van der Waals surface area contributed by atoms with Gasteiger partial charge in [-0.3, -0.25) is 4.79 Å². The summed E-state index contributed by atoms with van der Waals surface area (Å²) in [7, 11) is -3.01. The Morgan fingerprint density at radius 2 is 2.30 bits per heavy atom. The zero-order valence-electron chi connectivity index (χ0n) is 10.8. The Bertz CT molecular complexity index is 656. The molecule has 2 rings (SSSR count). The van der Waals surface area contributed by atoms with Gasteiger partial charge in [0.25, 0.3) is 5.91 Å². The minimum absolute atomic E-state index is 0.00119.